The van der Waals surface area contributed by atoms with Crippen molar-refractivity contribution in [3.8, 4) is 0 Å². The van der Waals surface area contributed by atoms with Gasteiger partial charge in [-0.2, -0.15) is 0 Å². The summed E-state index contributed by atoms with van der Waals surface area (Å²) in [5.74, 6) is 0.572. The maximum atomic E-state index is 9.07. The molecule has 1 aromatic carbocycles. The van der Waals surface area contributed by atoms with Crippen LogP contribution in [0.5, 0.6) is 0 Å². The van der Waals surface area contributed by atoms with E-state index in [-0.39, 0.29) is 12.6 Å². The van der Waals surface area contributed by atoms with Gasteiger partial charge < -0.3 is 15.7 Å². The summed E-state index contributed by atoms with van der Waals surface area (Å²) in [7, 11) is 0. The fraction of sp³-hybridized carbons (Fsp3) is 0.600. The summed E-state index contributed by atoms with van der Waals surface area (Å²) in [4.78, 5) is 2.33. The number of halogens is 1. The molecule has 0 aliphatic carbocycles. The highest BCUT2D eigenvalue weighted by Gasteiger charge is 2.21. The van der Waals surface area contributed by atoms with Crippen LogP contribution < -0.4 is 10.6 Å². The molecule has 106 valence electrons. The van der Waals surface area contributed by atoms with Crippen molar-refractivity contribution in [2.45, 2.75) is 32.2 Å². The molecule has 0 radical (unpaired) electrons. The van der Waals surface area contributed by atoms with Crippen molar-refractivity contribution < 1.29 is 5.11 Å². The van der Waals surface area contributed by atoms with E-state index in [0.717, 1.165) is 42.2 Å². The Balaban J connectivity index is 2.12. The van der Waals surface area contributed by atoms with Gasteiger partial charge in [0.15, 0.2) is 0 Å². The molecule has 0 aromatic heterocycles. The van der Waals surface area contributed by atoms with E-state index in [2.05, 4.69) is 17.0 Å². The zero-order valence-corrected chi connectivity index (χ0v) is 12.2. The number of piperidine rings is 1. The molecular formula is C15H23ClN2O. The SMILES string of the molecule is C[C@H](N)c1ccc(N2CCCC(CCO)C2)c(Cl)c1. The smallest absolute Gasteiger partial charge is 0.0642 e. The summed E-state index contributed by atoms with van der Waals surface area (Å²) < 4.78 is 0. The lowest BCUT2D eigenvalue weighted by molar-refractivity contribution is 0.244. The van der Waals surface area contributed by atoms with Gasteiger partial charge in [0, 0.05) is 25.7 Å². The molecule has 1 saturated heterocycles. The fourth-order valence-corrected chi connectivity index (χ4v) is 3.07. The Morgan fingerprint density at radius 3 is 2.95 bits per heavy atom. The van der Waals surface area contributed by atoms with Gasteiger partial charge in [-0.25, -0.2) is 0 Å². The van der Waals surface area contributed by atoms with E-state index in [4.69, 9.17) is 22.4 Å². The van der Waals surface area contributed by atoms with E-state index < -0.39 is 0 Å². The molecule has 2 rings (SSSR count). The van der Waals surface area contributed by atoms with Crippen LogP contribution in [0.4, 0.5) is 5.69 Å². The van der Waals surface area contributed by atoms with Gasteiger partial charge in [0.1, 0.15) is 0 Å². The van der Waals surface area contributed by atoms with Crippen molar-refractivity contribution in [3.63, 3.8) is 0 Å². The molecular weight excluding hydrogens is 260 g/mol. The number of hydrogen-bond donors (Lipinski definition) is 2. The zero-order chi connectivity index (χ0) is 13.8. The van der Waals surface area contributed by atoms with Crippen molar-refractivity contribution >= 4 is 17.3 Å². The first-order valence-electron chi connectivity index (χ1n) is 7.02. The van der Waals surface area contributed by atoms with Gasteiger partial charge in [0.05, 0.1) is 10.7 Å². The Kier molecular flexibility index (Phi) is 5.08. The van der Waals surface area contributed by atoms with E-state index in [1.165, 1.54) is 6.42 Å². The largest absolute Gasteiger partial charge is 0.396 e. The molecule has 1 unspecified atom stereocenters. The standard InChI is InChI=1S/C15H23ClN2O/c1-11(17)13-4-5-15(14(16)9-13)18-7-2-3-12(10-18)6-8-19/h4-5,9,11-12,19H,2-3,6-8,10,17H2,1H3/t11-,12?/m0/s1. The minimum Gasteiger partial charge on any atom is -0.396 e. The minimum absolute atomic E-state index is 0.00930. The van der Waals surface area contributed by atoms with E-state index in [1.54, 1.807) is 0 Å². The lowest BCUT2D eigenvalue weighted by atomic mass is 9.94. The summed E-state index contributed by atoms with van der Waals surface area (Å²) in [6.07, 6.45) is 3.24. The first kappa shape index (κ1) is 14.6. The van der Waals surface area contributed by atoms with E-state index >= 15 is 0 Å². The maximum absolute atomic E-state index is 9.07. The summed E-state index contributed by atoms with van der Waals surface area (Å²) in [6, 6.07) is 6.11. The van der Waals surface area contributed by atoms with Crippen molar-refractivity contribution in [2.75, 3.05) is 24.6 Å². The van der Waals surface area contributed by atoms with Crippen LogP contribution >= 0.6 is 11.6 Å². The molecule has 0 saturated carbocycles. The van der Waals surface area contributed by atoms with Crippen molar-refractivity contribution in [1.82, 2.24) is 0 Å². The van der Waals surface area contributed by atoms with Crippen LogP contribution in [0.25, 0.3) is 0 Å². The third-order valence-electron chi connectivity index (χ3n) is 3.89. The third kappa shape index (κ3) is 3.62. The number of nitrogens with zero attached hydrogens (tertiary/aromatic N) is 1. The van der Waals surface area contributed by atoms with Crippen LogP contribution in [-0.2, 0) is 0 Å². The summed E-state index contributed by atoms with van der Waals surface area (Å²) in [5, 5.41) is 9.85. The first-order valence-corrected chi connectivity index (χ1v) is 7.40. The highest BCUT2D eigenvalue weighted by Crippen LogP contribution is 2.32. The lowest BCUT2D eigenvalue weighted by Gasteiger charge is -2.35. The van der Waals surface area contributed by atoms with Gasteiger partial charge in [-0.05, 0) is 49.8 Å². The number of rotatable bonds is 4. The van der Waals surface area contributed by atoms with Crippen LogP contribution in [0, 0.1) is 5.92 Å². The van der Waals surface area contributed by atoms with E-state index in [1.807, 2.05) is 13.0 Å². The molecule has 1 aliphatic heterocycles. The van der Waals surface area contributed by atoms with Crippen molar-refractivity contribution in [2.24, 2.45) is 11.7 Å². The Morgan fingerprint density at radius 1 is 1.53 bits per heavy atom. The molecule has 0 bridgehead atoms. The Bertz CT molecular complexity index is 421. The van der Waals surface area contributed by atoms with Gasteiger partial charge in [-0.3, -0.25) is 0 Å². The molecule has 4 heteroatoms. The maximum Gasteiger partial charge on any atom is 0.0642 e. The second kappa shape index (κ2) is 6.60. The number of benzene rings is 1. The number of aliphatic hydroxyl groups excluding tert-OH is 1. The quantitative estimate of drug-likeness (QED) is 0.893. The average molecular weight is 283 g/mol. The predicted molar refractivity (Wildman–Crippen MR) is 80.7 cm³/mol. The van der Waals surface area contributed by atoms with E-state index in [0.29, 0.717) is 5.92 Å². The third-order valence-corrected chi connectivity index (χ3v) is 4.20. The molecule has 2 atom stereocenters. The van der Waals surface area contributed by atoms with Crippen molar-refractivity contribution in [1.29, 1.82) is 0 Å². The lowest BCUT2D eigenvalue weighted by Crippen LogP contribution is -2.35. The van der Waals surface area contributed by atoms with E-state index in [9.17, 15) is 0 Å². The minimum atomic E-state index is 0.00930. The first-order chi connectivity index (χ1) is 9.11. The van der Waals surface area contributed by atoms with Crippen LogP contribution in [0.2, 0.25) is 5.02 Å². The Labute approximate surface area is 120 Å². The molecule has 1 heterocycles. The Hall–Kier alpha value is -0.770. The van der Waals surface area contributed by atoms with Crippen LogP contribution in [0.15, 0.2) is 18.2 Å². The highest BCUT2D eigenvalue weighted by atomic mass is 35.5. The summed E-state index contributed by atoms with van der Waals surface area (Å²) in [6.45, 7) is 4.26. The number of anilines is 1. The van der Waals surface area contributed by atoms with Gasteiger partial charge in [0.2, 0.25) is 0 Å². The van der Waals surface area contributed by atoms with Gasteiger partial charge in [-0.1, -0.05) is 17.7 Å². The number of hydrogen-bond acceptors (Lipinski definition) is 3. The van der Waals surface area contributed by atoms with Crippen molar-refractivity contribution in [3.05, 3.63) is 28.8 Å². The molecule has 1 aliphatic rings. The molecule has 3 N–H and O–H groups in total. The summed E-state index contributed by atoms with van der Waals surface area (Å²) in [5.41, 5.74) is 8.03. The molecule has 19 heavy (non-hydrogen) atoms. The number of aliphatic hydroxyl groups is 1. The fourth-order valence-electron chi connectivity index (χ4n) is 2.76. The van der Waals surface area contributed by atoms with Crippen LogP contribution in [0.1, 0.15) is 37.8 Å². The van der Waals surface area contributed by atoms with Crippen LogP contribution in [-0.4, -0.2) is 24.8 Å². The van der Waals surface area contributed by atoms with Gasteiger partial charge in [0.25, 0.3) is 0 Å². The normalized spacial score (nSPS) is 21.5. The average Bonchev–Trinajstić information content (AvgIpc) is 2.39. The molecule has 0 spiro atoms. The zero-order valence-electron chi connectivity index (χ0n) is 11.5. The molecule has 1 aromatic rings. The molecule has 3 nitrogen and oxygen atoms in total. The molecule has 0 amide bonds. The monoisotopic (exact) mass is 282 g/mol. The van der Waals surface area contributed by atoms with Gasteiger partial charge in [-0.15, -0.1) is 0 Å². The second-order valence-corrected chi connectivity index (χ2v) is 5.87. The predicted octanol–water partition coefficient (Wildman–Crippen LogP) is 2.96. The Morgan fingerprint density at radius 2 is 2.32 bits per heavy atom. The van der Waals surface area contributed by atoms with Gasteiger partial charge >= 0.3 is 0 Å². The summed E-state index contributed by atoms with van der Waals surface area (Å²) >= 11 is 6.38. The topological polar surface area (TPSA) is 49.5 Å². The van der Waals surface area contributed by atoms with Crippen LogP contribution in [0.3, 0.4) is 0 Å². The second-order valence-electron chi connectivity index (χ2n) is 5.47. The number of nitrogens with two attached hydrogens (primary N) is 1. The molecule has 1 fully saturated rings. The highest BCUT2D eigenvalue weighted by molar-refractivity contribution is 6.33.